The minimum atomic E-state index is -0.682. The van der Waals surface area contributed by atoms with Crippen LogP contribution in [0, 0.1) is 0 Å². The van der Waals surface area contributed by atoms with E-state index >= 15 is 0 Å². The van der Waals surface area contributed by atoms with Gasteiger partial charge in [0.15, 0.2) is 0 Å². The molecule has 4 heteroatoms. The molecule has 0 aromatic rings. The second kappa shape index (κ2) is 70.1. The standard InChI is InChI=1S/C76H133NO3/c1-3-5-7-9-11-13-15-17-19-21-23-25-27-29-31-33-35-37-38-40-42-44-46-48-50-52-54-56-58-60-62-64-66-68-70-72-76(80)77-74(73-78)75(79)71-69-67-65-63-61-59-57-55-53-51-49-47-45-43-41-39-36-34-32-30-28-26-24-22-20-18-16-14-12-10-8-6-4-2/h5,7,11,13,17,19,23,25,29,31,35,37,40,42,46,48,52,54,58,60,74-75,78-79H,3-4,6,8-10,12,14-16,18,20-22,24,26-28,30,32-34,36,38-39,41,43-45,47,49-51,53,55-57,59,61-73H2,1-2H3,(H,77,80)/b7-5-,13-11-,19-17-,25-23-,31-29-,37-35-,42-40-,48-46-,54-52-,60-58-. The summed E-state index contributed by atoms with van der Waals surface area (Å²) in [6, 6.07) is -0.562. The van der Waals surface area contributed by atoms with Gasteiger partial charge in [0.05, 0.1) is 18.8 Å². The van der Waals surface area contributed by atoms with Crippen LogP contribution in [0.5, 0.6) is 0 Å². The summed E-state index contributed by atoms with van der Waals surface area (Å²) in [6.07, 6.45) is 107. The molecule has 0 aromatic carbocycles. The number of carbonyl (C=O) groups is 1. The van der Waals surface area contributed by atoms with Crippen molar-refractivity contribution in [2.24, 2.45) is 0 Å². The Labute approximate surface area is 499 Å². The lowest BCUT2D eigenvalue weighted by Gasteiger charge is -2.22. The molecule has 0 aliphatic heterocycles. The monoisotopic (exact) mass is 1110 g/mol. The Morgan fingerprint density at radius 2 is 0.550 bits per heavy atom. The zero-order valence-corrected chi connectivity index (χ0v) is 53.1. The molecule has 0 bridgehead atoms. The highest BCUT2D eigenvalue weighted by molar-refractivity contribution is 5.76. The maximum Gasteiger partial charge on any atom is 0.220 e. The van der Waals surface area contributed by atoms with E-state index in [9.17, 15) is 15.0 Å². The topological polar surface area (TPSA) is 69.6 Å². The van der Waals surface area contributed by atoms with Crippen LogP contribution in [0.4, 0.5) is 0 Å². The van der Waals surface area contributed by atoms with Crippen molar-refractivity contribution >= 4 is 5.91 Å². The Hall–Kier alpha value is -3.21. The number of unbranched alkanes of at least 4 members (excludes halogenated alkanes) is 36. The Bertz CT molecular complexity index is 1540. The maximum atomic E-state index is 12.6. The van der Waals surface area contributed by atoms with Gasteiger partial charge in [-0.25, -0.2) is 0 Å². The van der Waals surface area contributed by atoms with Crippen molar-refractivity contribution in [3.8, 4) is 0 Å². The first-order valence-corrected chi connectivity index (χ1v) is 34.7. The van der Waals surface area contributed by atoms with E-state index in [0.717, 1.165) is 109 Å². The maximum absolute atomic E-state index is 12.6. The molecule has 0 heterocycles. The molecule has 0 spiro atoms. The summed E-state index contributed by atoms with van der Waals surface area (Å²) in [4.78, 5) is 12.6. The normalized spacial score (nSPS) is 13.5. The fourth-order valence-corrected chi connectivity index (χ4v) is 10.3. The summed E-state index contributed by atoms with van der Waals surface area (Å²) < 4.78 is 0. The van der Waals surface area contributed by atoms with Crippen molar-refractivity contribution in [3.05, 3.63) is 122 Å². The fraction of sp³-hybridized carbons (Fsp3) is 0.724. The third kappa shape index (κ3) is 65.6. The van der Waals surface area contributed by atoms with Gasteiger partial charge in [-0.1, -0.05) is 360 Å². The summed E-state index contributed by atoms with van der Waals surface area (Å²) in [7, 11) is 0. The number of nitrogens with one attached hydrogen (secondary N) is 1. The van der Waals surface area contributed by atoms with E-state index in [1.165, 1.54) is 199 Å². The van der Waals surface area contributed by atoms with E-state index in [4.69, 9.17) is 0 Å². The lowest BCUT2D eigenvalue weighted by atomic mass is 10.0. The Morgan fingerprint density at radius 3 is 0.825 bits per heavy atom. The van der Waals surface area contributed by atoms with Crippen molar-refractivity contribution in [2.45, 2.75) is 347 Å². The average molecular weight is 1110 g/mol. The van der Waals surface area contributed by atoms with Gasteiger partial charge in [-0.2, -0.15) is 0 Å². The van der Waals surface area contributed by atoms with Gasteiger partial charge in [-0.05, 0) is 89.9 Å². The Kier molecular flexibility index (Phi) is 67.2. The summed E-state index contributed by atoms with van der Waals surface area (Å²) >= 11 is 0. The molecule has 2 atom stereocenters. The van der Waals surface area contributed by atoms with Crippen LogP contribution < -0.4 is 5.32 Å². The van der Waals surface area contributed by atoms with E-state index in [0.29, 0.717) is 12.8 Å². The van der Waals surface area contributed by atoms with Crippen molar-refractivity contribution in [1.29, 1.82) is 0 Å². The molecule has 0 radical (unpaired) electrons. The number of amides is 1. The molecule has 460 valence electrons. The number of allylic oxidation sites excluding steroid dienone is 20. The minimum absolute atomic E-state index is 0.0564. The van der Waals surface area contributed by atoms with Crippen molar-refractivity contribution < 1.29 is 15.0 Å². The van der Waals surface area contributed by atoms with E-state index in [1.54, 1.807) is 0 Å². The van der Waals surface area contributed by atoms with Gasteiger partial charge < -0.3 is 15.5 Å². The SMILES string of the molecule is CC/C=C\C/C=C\C/C=C\C/C=C\C/C=C\C/C=C\C/C=C\C/C=C\C/C=C\C/C=C\CCCCCCC(=O)NC(CO)C(O)CCCCCCCCCCCCCCCCCCCCCCCCCCCCCCCCCCC. The lowest BCUT2D eigenvalue weighted by Crippen LogP contribution is -2.45. The van der Waals surface area contributed by atoms with Crippen molar-refractivity contribution in [2.75, 3.05) is 6.61 Å². The first kappa shape index (κ1) is 76.8. The molecule has 0 saturated carbocycles. The second-order valence-electron chi connectivity index (χ2n) is 23.2. The number of aliphatic hydroxyl groups is 2. The Morgan fingerprint density at radius 1 is 0.312 bits per heavy atom. The molecule has 2 unspecified atom stereocenters. The summed E-state index contributed by atoms with van der Waals surface area (Å²) in [5.41, 5.74) is 0. The number of hydrogen-bond donors (Lipinski definition) is 3. The predicted molar refractivity (Wildman–Crippen MR) is 359 cm³/mol. The third-order valence-corrected chi connectivity index (χ3v) is 15.5. The van der Waals surface area contributed by atoms with Gasteiger partial charge in [0, 0.05) is 6.42 Å². The lowest BCUT2D eigenvalue weighted by molar-refractivity contribution is -0.123. The minimum Gasteiger partial charge on any atom is -0.394 e. The summed E-state index contributed by atoms with van der Waals surface area (Å²) in [5.74, 6) is -0.0564. The van der Waals surface area contributed by atoms with Crippen LogP contribution in [-0.4, -0.2) is 34.9 Å². The molecule has 4 nitrogen and oxygen atoms in total. The Balaban J connectivity index is 3.55. The van der Waals surface area contributed by atoms with Crippen molar-refractivity contribution in [1.82, 2.24) is 5.32 Å². The van der Waals surface area contributed by atoms with E-state index in [2.05, 4.69) is 141 Å². The predicted octanol–water partition coefficient (Wildman–Crippen LogP) is 23.9. The van der Waals surface area contributed by atoms with Crippen LogP contribution in [0.1, 0.15) is 335 Å². The first-order valence-electron chi connectivity index (χ1n) is 34.7. The smallest absolute Gasteiger partial charge is 0.220 e. The van der Waals surface area contributed by atoms with E-state index in [-0.39, 0.29) is 12.5 Å². The van der Waals surface area contributed by atoms with E-state index in [1.807, 2.05) is 0 Å². The van der Waals surface area contributed by atoms with Crippen LogP contribution >= 0.6 is 0 Å². The van der Waals surface area contributed by atoms with Crippen LogP contribution in [-0.2, 0) is 4.79 Å². The van der Waals surface area contributed by atoms with Gasteiger partial charge in [-0.3, -0.25) is 4.79 Å². The van der Waals surface area contributed by atoms with Gasteiger partial charge in [-0.15, -0.1) is 0 Å². The number of carbonyl (C=O) groups excluding carboxylic acids is 1. The molecule has 0 aromatic heterocycles. The highest BCUT2D eigenvalue weighted by Crippen LogP contribution is 2.18. The number of rotatable bonds is 63. The van der Waals surface area contributed by atoms with Crippen LogP contribution in [0.2, 0.25) is 0 Å². The van der Waals surface area contributed by atoms with Gasteiger partial charge in [0.2, 0.25) is 5.91 Å². The quantitative estimate of drug-likeness (QED) is 0.0420. The van der Waals surface area contributed by atoms with Crippen LogP contribution in [0.25, 0.3) is 0 Å². The zero-order valence-electron chi connectivity index (χ0n) is 53.1. The molecule has 0 rings (SSSR count). The molecule has 3 N–H and O–H groups in total. The first-order chi connectivity index (χ1) is 39.7. The molecular formula is C76H133NO3. The third-order valence-electron chi connectivity index (χ3n) is 15.5. The molecule has 80 heavy (non-hydrogen) atoms. The van der Waals surface area contributed by atoms with Gasteiger partial charge >= 0.3 is 0 Å². The van der Waals surface area contributed by atoms with Gasteiger partial charge in [0.25, 0.3) is 0 Å². The molecular weight excluding hydrogens is 975 g/mol. The average Bonchev–Trinajstić information content (AvgIpc) is 3.46. The van der Waals surface area contributed by atoms with E-state index < -0.39 is 12.1 Å². The van der Waals surface area contributed by atoms with Crippen LogP contribution in [0.3, 0.4) is 0 Å². The largest absolute Gasteiger partial charge is 0.394 e. The van der Waals surface area contributed by atoms with Gasteiger partial charge in [0.1, 0.15) is 0 Å². The number of aliphatic hydroxyl groups excluding tert-OH is 2. The highest BCUT2D eigenvalue weighted by Gasteiger charge is 2.20. The number of hydrogen-bond acceptors (Lipinski definition) is 3. The molecule has 0 saturated heterocycles. The second-order valence-corrected chi connectivity index (χ2v) is 23.2. The fourth-order valence-electron chi connectivity index (χ4n) is 10.3. The van der Waals surface area contributed by atoms with Crippen molar-refractivity contribution in [3.63, 3.8) is 0 Å². The molecule has 0 aliphatic rings. The summed E-state index contributed by atoms with van der Waals surface area (Å²) in [5, 5.41) is 23.4. The molecule has 0 aliphatic carbocycles. The summed E-state index contributed by atoms with van der Waals surface area (Å²) in [6.45, 7) is 4.26. The zero-order chi connectivity index (χ0) is 57.6. The van der Waals surface area contributed by atoms with Crippen LogP contribution in [0.15, 0.2) is 122 Å². The highest BCUT2D eigenvalue weighted by atomic mass is 16.3. The molecule has 1 amide bonds. The molecule has 0 fully saturated rings.